The lowest BCUT2D eigenvalue weighted by molar-refractivity contribution is 0.0327. The largest absolute Gasteiger partial charge is 0.494 e. The van der Waals surface area contributed by atoms with E-state index in [0.29, 0.717) is 23.8 Å². The number of methoxy groups -OCH3 is 2. The lowest BCUT2D eigenvalue weighted by Crippen LogP contribution is -2.40. The van der Waals surface area contributed by atoms with E-state index in [1.54, 1.807) is 26.6 Å². The van der Waals surface area contributed by atoms with E-state index in [-0.39, 0.29) is 0 Å². The van der Waals surface area contributed by atoms with Crippen LogP contribution in [0.2, 0.25) is 0 Å². The van der Waals surface area contributed by atoms with Gasteiger partial charge in [-0.25, -0.2) is 9.97 Å². The Morgan fingerprint density at radius 3 is 2.47 bits per heavy atom. The molecule has 0 amide bonds. The minimum atomic E-state index is 0.390. The van der Waals surface area contributed by atoms with Crippen molar-refractivity contribution in [2.24, 2.45) is 0 Å². The minimum absolute atomic E-state index is 0.390. The predicted molar refractivity (Wildman–Crippen MR) is 56.0 cm³/mol. The van der Waals surface area contributed by atoms with Crippen molar-refractivity contribution in [1.82, 2.24) is 9.97 Å². The fraction of sp³-hybridized carbons (Fsp3) is 0.600. The van der Waals surface area contributed by atoms with Crippen molar-refractivity contribution in [3.63, 3.8) is 0 Å². The molecule has 15 heavy (non-hydrogen) atoms. The van der Waals surface area contributed by atoms with Gasteiger partial charge in [-0.15, -0.1) is 0 Å². The molecule has 5 heteroatoms. The van der Waals surface area contributed by atoms with Gasteiger partial charge >= 0.3 is 0 Å². The number of aromatic nitrogens is 2. The van der Waals surface area contributed by atoms with Crippen LogP contribution in [0.1, 0.15) is 12.8 Å². The average Bonchev–Trinajstić information content (AvgIpc) is 2.23. The number of hydrogen-bond donors (Lipinski definition) is 1. The first kappa shape index (κ1) is 10.2. The molecule has 1 saturated carbocycles. The Morgan fingerprint density at radius 1 is 1.27 bits per heavy atom. The van der Waals surface area contributed by atoms with Gasteiger partial charge in [0.2, 0.25) is 5.95 Å². The van der Waals surface area contributed by atoms with Gasteiger partial charge in [0.05, 0.1) is 25.6 Å². The van der Waals surface area contributed by atoms with Crippen molar-refractivity contribution in [2.75, 3.05) is 19.5 Å². The molecule has 1 N–H and O–H groups in total. The van der Waals surface area contributed by atoms with Crippen LogP contribution in [0.25, 0.3) is 0 Å². The summed E-state index contributed by atoms with van der Waals surface area (Å²) in [4.78, 5) is 8.27. The summed E-state index contributed by atoms with van der Waals surface area (Å²) in [5.41, 5.74) is 0. The second-order valence-corrected chi connectivity index (χ2v) is 3.62. The SMILES string of the molecule is COc1cnc(NC2CC(OC)C2)nc1. The molecule has 0 saturated heterocycles. The van der Waals surface area contributed by atoms with Crippen LogP contribution >= 0.6 is 0 Å². The fourth-order valence-corrected chi connectivity index (χ4v) is 1.55. The first-order chi connectivity index (χ1) is 7.31. The Bertz CT molecular complexity index is 309. The van der Waals surface area contributed by atoms with Gasteiger partial charge in [0, 0.05) is 13.2 Å². The van der Waals surface area contributed by atoms with Crippen molar-refractivity contribution in [2.45, 2.75) is 25.0 Å². The summed E-state index contributed by atoms with van der Waals surface area (Å²) >= 11 is 0. The summed E-state index contributed by atoms with van der Waals surface area (Å²) < 4.78 is 10.2. The van der Waals surface area contributed by atoms with Crippen LogP contribution in [0.3, 0.4) is 0 Å². The van der Waals surface area contributed by atoms with Crippen LogP contribution in [-0.4, -0.2) is 36.3 Å². The number of anilines is 1. The van der Waals surface area contributed by atoms with E-state index in [2.05, 4.69) is 15.3 Å². The lowest BCUT2D eigenvalue weighted by atomic mass is 9.89. The summed E-state index contributed by atoms with van der Waals surface area (Å²) in [5.74, 6) is 1.32. The molecule has 0 spiro atoms. The van der Waals surface area contributed by atoms with Crippen LogP contribution in [0.4, 0.5) is 5.95 Å². The summed E-state index contributed by atoms with van der Waals surface area (Å²) in [6.45, 7) is 0. The van der Waals surface area contributed by atoms with E-state index >= 15 is 0 Å². The van der Waals surface area contributed by atoms with Crippen LogP contribution in [0.5, 0.6) is 5.75 Å². The van der Waals surface area contributed by atoms with E-state index in [4.69, 9.17) is 9.47 Å². The van der Waals surface area contributed by atoms with Gasteiger partial charge in [0.1, 0.15) is 0 Å². The molecule has 1 fully saturated rings. The molecule has 1 aromatic heterocycles. The first-order valence-electron chi connectivity index (χ1n) is 4.97. The average molecular weight is 209 g/mol. The Labute approximate surface area is 88.8 Å². The van der Waals surface area contributed by atoms with Crippen LogP contribution in [0.15, 0.2) is 12.4 Å². The fourth-order valence-electron chi connectivity index (χ4n) is 1.55. The zero-order valence-electron chi connectivity index (χ0n) is 8.93. The van der Waals surface area contributed by atoms with Gasteiger partial charge in [-0.05, 0) is 12.8 Å². The normalized spacial score (nSPS) is 24.4. The molecule has 1 aliphatic rings. The summed E-state index contributed by atoms with van der Waals surface area (Å²) in [6, 6.07) is 0.434. The second kappa shape index (κ2) is 4.44. The molecule has 82 valence electrons. The number of hydrogen-bond acceptors (Lipinski definition) is 5. The van der Waals surface area contributed by atoms with E-state index in [1.807, 2.05) is 0 Å². The topological polar surface area (TPSA) is 56.3 Å². The van der Waals surface area contributed by atoms with Gasteiger partial charge in [0.25, 0.3) is 0 Å². The highest BCUT2D eigenvalue weighted by molar-refractivity contribution is 5.29. The van der Waals surface area contributed by atoms with Gasteiger partial charge in [0.15, 0.2) is 5.75 Å². The van der Waals surface area contributed by atoms with E-state index in [1.165, 1.54) is 0 Å². The third kappa shape index (κ3) is 2.36. The monoisotopic (exact) mass is 209 g/mol. The number of ether oxygens (including phenoxy) is 2. The molecular formula is C10H15N3O2. The van der Waals surface area contributed by atoms with E-state index in [0.717, 1.165) is 12.8 Å². The van der Waals surface area contributed by atoms with Gasteiger partial charge < -0.3 is 14.8 Å². The second-order valence-electron chi connectivity index (χ2n) is 3.62. The van der Waals surface area contributed by atoms with Crippen molar-refractivity contribution in [3.05, 3.63) is 12.4 Å². The zero-order valence-corrected chi connectivity index (χ0v) is 8.93. The third-order valence-electron chi connectivity index (χ3n) is 2.63. The highest BCUT2D eigenvalue weighted by atomic mass is 16.5. The maximum Gasteiger partial charge on any atom is 0.223 e. The van der Waals surface area contributed by atoms with Crippen molar-refractivity contribution < 1.29 is 9.47 Å². The quantitative estimate of drug-likeness (QED) is 0.804. The van der Waals surface area contributed by atoms with Crippen LogP contribution in [0, 0.1) is 0 Å². The molecule has 1 aromatic rings. The molecule has 1 heterocycles. The molecule has 5 nitrogen and oxygen atoms in total. The summed E-state index contributed by atoms with van der Waals surface area (Å²) in [7, 11) is 3.34. The number of rotatable bonds is 4. The van der Waals surface area contributed by atoms with Crippen molar-refractivity contribution in [1.29, 1.82) is 0 Å². The molecule has 0 aliphatic heterocycles. The highest BCUT2D eigenvalue weighted by Crippen LogP contribution is 2.25. The predicted octanol–water partition coefficient (Wildman–Crippen LogP) is 1.07. The van der Waals surface area contributed by atoms with E-state index in [9.17, 15) is 0 Å². The van der Waals surface area contributed by atoms with Crippen LogP contribution in [-0.2, 0) is 4.74 Å². The zero-order chi connectivity index (χ0) is 10.7. The third-order valence-corrected chi connectivity index (χ3v) is 2.63. The number of nitrogens with one attached hydrogen (secondary N) is 1. The molecular weight excluding hydrogens is 194 g/mol. The number of nitrogens with zero attached hydrogens (tertiary/aromatic N) is 2. The highest BCUT2D eigenvalue weighted by Gasteiger charge is 2.29. The van der Waals surface area contributed by atoms with Gasteiger partial charge in [-0.2, -0.15) is 0 Å². The Balaban J connectivity index is 1.84. The lowest BCUT2D eigenvalue weighted by Gasteiger charge is -2.34. The molecule has 0 bridgehead atoms. The minimum Gasteiger partial charge on any atom is -0.494 e. The molecule has 2 rings (SSSR count). The summed E-state index contributed by atoms with van der Waals surface area (Å²) in [6.07, 6.45) is 5.74. The molecule has 0 atom stereocenters. The van der Waals surface area contributed by atoms with Gasteiger partial charge in [-0.1, -0.05) is 0 Å². The Hall–Kier alpha value is -1.36. The van der Waals surface area contributed by atoms with Crippen molar-refractivity contribution in [3.8, 4) is 5.75 Å². The summed E-state index contributed by atoms with van der Waals surface area (Å²) in [5, 5.41) is 3.24. The molecule has 1 aliphatic carbocycles. The van der Waals surface area contributed by atoms with Gasteiger partial charge in [-0.3, -0.25) is 0 Å². The maximum atomic E-state index is 5.19. The Morgan fingerprint density at radius 2 is 1.93 bits per heavy atom. The van der Waals surface area contributed by atoms with Crippen molar-refractivity contribution >= 4 is 5.95 Å². The van der Waals surface area contributed by atoms with E-state index < -0.39 is 0 Å². The molecule has 0 radical (unpaired) electrons. The molecule has 0 unspecified atom stereocenters. The van der Waals surface area contributed by atoms with Crippen LogP contribution < -0.4 is 10.1 Å². The smallest absolute Gasteiger partial charge is 0.223 e. The Kier molecular flexibility index (Phi) is 3.01. The standard InChI is InChI=1S/C10H15N3O2/c1-14-8-3-7(4-8)13-10-11-5-9(15-2)6-12-10/h5-8H,3-4H2,1-2H3,(H,11,12,13). The molecule has 0 aromatic carbocycles. The maximum absolute atomic E-state index is 5.19. The first-order valence-corrected chi connectivity index (χ1v) is 4.97.